The predicted molar refractivity (Wildman–Crippen MR) is 113 cm³/mol. The van der Waals surface area contributed by atoms with Gasteiger partial charge in [0.25, 0.3) is 0 Å². The molecule has 0 saturated heterocycles. The first-order chi connectivity index (χ1) is 14.2. The van der Waals surface area contributed by atoms with E-state index >= 15 is 0 Å². The van der Waals surface area contributed by atoms with Crippen molar-refractivity contribution in [1.29, 1.82) is 0 Å². The average Bonchev–Trinajstić information content (AvgIpc) is 3.03. The van der Waals surface area contributed by atoms with Gasteiger partial charge in [-0.15, -0.1) is 10.2 Å². The van der Waals surface area contributed by atoms with Crippen molar-refractivity contribution in [3.63, 3.8) is 0 Å². The van der Waals surface area contributed by atoms with Gasteiger partial charge in [-0.25, -0.2) is 0 Å². The summed E-state index contributed by atoms with van der Waals surface area (Å²) in [7, 11) is 3.30. The number of ether oxygens (including phenoxy) is 2. The Kier molecular flexibility index (Phi) is 3.98. The lowest BCUT2D eigenvalue weighted by Crippen LogP contribution is -2.12. The van der Waals surface area contributed by atoms with Crippen molar-refractivity contribution in [2.75, 3.05) is 19.1 Å². The van der Waals surface area contributed by atoms with Gasteiger partial charge in [0.15, 0.2) is 5.69 Å². The number of rotatable bonds is 3. The van der Waals surface area contributed by atoms with E-state index in [1.807, 2.05) is 72.5 Å². The molecule has 0 N–H and O–H groups in total. The van der Waals surface area contributed by atoms with Crippen molar-refractivity contribution in [1.82, 2.24) is 0 Å². The van der Waals surface area contributed by atoms with Crippen LogP contribution in [0.4, 0.5) is 28.6 Å². The standard InChI is InChI=1S/C23H19N3O3/c1-14-12-19(27-2)22(20(13-14)28-3)26-17-10-6-5-9-16(17)24-25-21-15-8-4-7-11-18(15)29-23(21)26/h4-13H,1-3H3. The normalized spacial score (nSPS) is 12.4. The second-order valence-electron chi connectivity index (χ2n) is 6.79. The van der Waals surface area contributed by atoms with Crippen molar-refractivity contribution in [3.8, 4) is 11.5 Å². The molecule has 2 heterocycles. The maximum absolute atomic E-state index is 6.28. The molecule has 144 valence electrons. The zero-order valence-corrected chi connectivity index (χ0v) is 16.3. The van der Waals surface area contributed by atoms with E-state index in [9.17, 15) is 0 Å². The number of para-hydroxylation sites is 2. The molecule has 0 saturated carbocycles. The van der Waals surface area contributed by atoms with Gasteiger partial charge in [0, 0.05) is 0 Å². The number of methoxy groups -OCH3 is 2. The summed E-state index contributed by atoms with van der Waals surface area (Å²) in [6, 6.07) is 19.6. The Bertz CT molecular complexity index is 1230. The fourth-order valence-electron chi connectivity index (χ4n) is 3.69. The Balaban J connectivity index is 1.90. The highest BCUT2D eigenvalue weighted by atomic mass is 16.5. The quantitative estimate of drug-likeness (QED) is 0.337. The Morgan fingerprint density at radius 3 is 2.31 bits per heavy atom. The Morgan fingerprint density at radius 2 is 1.55 bits per heavy atom. The number of hydrogen-bond acceptors (Lipinski definition) is 6. The number of fused-ring (bicyclic) bond motifs is 4. The Labute approximate surface area is 168 Å². The first-order valence-electron chi connectivity index (χ1n) is 9.26. The summed E-state index contributed by atoms with van der Waals surface area (Å²) in [5.74, 6) is 1.91. The van der Waals surface area contributed by atoms with E-state index in [4.69, 9.17) is 13.9 Å². The lowest BCUT2D eigenvalue weighted by atomic mass is 10.1. The van der Waals surface area contributed by atoms with Gasteiger partial charge in [-0.05, 0) is 48.9 Å². The molecule has 1 aliphatic rings. The van der Waals surface area contributed by atoms with E-state index < -0.39 is 0 Å². The minimum absolute atomic E-state index is 0.570. The van der Waals surface area contributed by atoms with Crippen molar-refractivity contribution in [2.24, 2.45) is 10.2 Å². The van der Waals surface area contributed by atoms with E-state index in [1.54, 1.807) is 14.2 Å². The van der Waals surface area contributed by atoms with Crippen LogP contribution in [-0.2, 0) is 0 Å². The summed E-state index contributed by atoms with van der Waals surface area (Å²) in [5.41, 5.74) is 4.74. The Morgan fingerprint density at radius 1 is 0.862 bits per heavy atom. The fraction of sp³-hybridized carbons (Fsp3) is 0.130. The molecule has 5 rings (SSSR count). The molecule has 0 bridgehead atoms. The number of anilines is 3. The molecule has 3 aromatic carbocycles. The molecule has 1 aliphatic heterocycles. The highest BCUT2D eigenvalue weighted by Gasteiger charge is 2.31. The zero-order chi connectivity index (χ0) is 20.0. The van der Waals surface area contributed by atoms with Crippen LogP contribution in [0, 0.1) is 6.92 Å². The molecule has 6 heteroatoms. The number of benzene rings is 3. The van der Waals surface area contributed by atoms with Crippen LogP contribution in [0.15, 0.2) is 75.3 Å². The van der Waals surface area contributed by atoms with Gasteiger partial charge in [-0.2, -0.15) is 0 Å². The minimum Gasteiger partial charge on any atom is -0.494 e. The topological polar surface area (TPSA) is 59.6 Å². The highest BCUT2D eigenvalue weighted by Crippen LogP contribution is 2.55. The first-order valence-corrected chi connectivity index (χ1v) is 9.26. The maximum Gasteiger partial charge on any atom is 0.234 e. The third kappa shape index (κ3) is 2.64. The van der Waals surface area contributed by atoms with Gasteiger partial charge in [-0.1, -0.05) is 24.3 Å². The molecule has 29 heavy (non-hydrogen) atoms. The molecule has 4 aromatic rings. The third-order valence-electron chi connectivity index (χ3n) is 4.98. The van der Waals surface area contributed by atoms with Gasteiger partial charge in [-0.3, -0.25) is 4.90 Å². The van der Waals surface area contributed by atoms with Crippen LogP contribution >= 0.6 is 0 Å². The molecule has 0 amide bonds. The third-order valence-corrected chi connectivity index (χ3v) is 4.98. The summed E-state index contributed by atoms with van der Waals surface area (Å²) in [6.45, 7) is 2.00. The van der Waals surface area contributed by atoms with E-state index in [1.165, 1.54) is 0 Å². The van der Waals surface area contributed by atoms with Crippen molar-refractivity contribution >= 4 is 39.6 Å². The molecule has 0 unspecified atom stereocenters. The molecule has 0 atom stereocenters. The van der Waals surface area contributed by atoms with Crippen LogP contribution in [-0.4, -0.2) is 14.2 Å². The second-order valence-corrected chi connectivity index (χ2v) is 6.79. The van der Waals surface area contributed by atoms with Crippen LogP contribution in [0.3, 0.4) is 0 Å². The number of nitrogens with zero attached hydrogens (tertiary/aromatic N) is 3. The SMILES string of the molecule is COc1cc(C)cc(OC)c1N1c2ccccc2N=Nc2c1oc1ccccc21. The first kappa shape index (κ1) is 17.3. The van der Waals surface area contributed by atoms with Gasteiger partial charge in [0.05, 0.1) is 25.3 Å². The van der Waals surface area contributed by atoms with Gasteiger partial charge in [0.2, 0.25) is 5.88 Å². The lowest BCUT2D eigenvalue weighted by Gasteiger charge is -2.26. The smallest absolute Gasteiger partial charge is 0.234 e. The number of furan rings is 1. The van der Waals surface area contributed by atoms with Crippen LogP contribution in [0.1, 0.15) is 5.56 Å². The number of azo groups is 1. The largest absolute Gasteiger partial charge is 0.494 e. The minimum atomic E-state index is 0.570. The summed E-state index contributed by atoms with van der Waals surface area (Å²) in [6.07, 6.45) is 0. The van der Waals surface area contributed by atoms with E-state index in [-0.39, 0.29) is 0 Å². The summed E-state index contributed by atoms with van der Waals surface area (Å²) < 4.78 is 17.8. The molecular weight excluding hydrogens is 366 g/mol. The highest BCUT2D eigenvalue weighted by molar-refractivity contribution is 6.01. The lowest BCUT2D eigenvalue weighted by molar-refractivity contribution is 0.395. The van der Waals surface area contributed by atoms with Crippen LogP contribution in [0.25, 0.3) is 11.0 Å². The van der Waals surface area contributed by atoms with Gasteiger partial charge in [0.1, 0.15) is 28.5 Å². The fourth-order valence-corrected chi connectivity index (χ4v) is 3.69. The van der Waals surface area contributed by atoms with Gasteiger partial charge < -0.3 is 13.9 Å². The zero-order valence-electron chi connectivity index (χ0n) is 16.3. The van der Waals surface area contributed by atoms with Crippen molar-refractivity contribution in [2.45, 2.75) is 6.92 Å². The molecule has 0 fully saturated rings. The van der Waals surface area contributed by atoms with Gasteiger partial charge >= 0.3 is 0 Å². The predicted octanol–water partition coefficient (Wildman–Crippen LogP) is 6.96. The summed E-state index contributed by atoms with van der Waals surface area (Å²) in [4.78, 5) is 1.97. The Hall–Kier alpha value is -3.80. The summed E-state index contributed by atoms with van der Waals surface area (Å²) >= 11 is 0. The van der Waals surface area contributed by atoms with E-state index in [0.29, 0.717) is 23.1 Å². The van der Waals surface area contributed by atoms with Crippen molar-refractivity contribution in [3.05, 3.63) is 66.2 Å². The van der Waals surface area contributed by atoms with Crippen LogP contribution in [0.2, 0.25) is 0 Å². The molecule has 6 nitrogen and oxygen atoms in total. The van der Waals surface area contributed by atoms with Crippen LogP contribution < -0.4 is 14.4 Å². The monoisotopic (exact) mass is 385 g/mol. The molecule has 0 radical (unpaired) electrons. The summed E-state index contributed by atoms with van der Waals surface area (Å²) in [5, 5.41) is 9.92. The van der Waals surface area contributed by atoms with E-state index in [2.05, 4.69) is 10.2 Å². The number of aryl methyl sites for hydroxylation is 1. The van der Waals surface area contributed by atoms with Crippen molar-refractivity contribution < 1.29 is 13.9 Å². The van der Waals surface area contributed by atoms with Crippen LogP contribution in [0.5, 0.6) is 11.5 Å². The number of hydrogen-bond donors (Lipinski definition) is 0. The maximum atomic E-state index is 6.28. The molecule has 0 aliphatic carbocycles. The molecule has 0 spiro atoms. The van der Waals surface area contributed by atoms with E-state index in [0.717, 1.165) is 33.6 Å². The second kappa shape index (κ2) is 6.67. The average molecular weight is 385 g/mol. The molecule has 1 aromatic heterocycles. The molecular formula is C23H19N3O3.